The maximum Gasteiger partial charge on any atom is 0.295 e. The number of rotatable bonds is 4. The zero-order chi connectivity index (χ0) is 11.5. The van der Waals surface area contributed by atoms with Gasteiger partial charge in [-0.05, 0) is 23.8 Å². The largest absolute Gasteiger partial charge is 0.497 e. The molecule has 0 aliphatic heterocycles. The smallest absolute Gasteiger partial charge is 0.295 e. The van der Waals surface area contributed by atoms with Crippen LogP contribution in [0.3, 0.4) is 0 Å². The highest BCUT2D eigenvalue weighted by Gasteiger charge is 2.35. The number of ether oxygens (including phenoxy) is 1. The van der Waals surface area contributed by atoms with Crippen LogP contribution in [0.4, 0.5) is 8.78 Å². The van der Waals surface area contributed by atoms with Crippen molar-refractivity contribution in [3.8, 4) is 5.75 Å². The van der Waals surface area contributed by atoms with E-state index in [0.29, 0.717) is 11.8 Å². The Morgan fingerprint density at radius 3 is 2.33 bits per heavy atom. The van der Waals surface area contributed by atoms with Crippen molar-refractivity contribution in [1.82, 2.24) is 0 Å². The summed E-state index contributed by atoms with van der Waals surface area (Å²) in [5.41, 5.74) is 0.126. The minimum absolute atomic E-state index is 0.126. The summed E-state index contributed by atoms with van der Waals surface area (Å²) in [6.45, 7) is 2.98. The number of aliphatic hydroxyl groups excluding tert-OH is 1. The Hall–Kier alpha value is -1.42. The summed E-state index contributed by atoms with van der Waals surface area (Å²) in [5, 5.41) is 9.35. The van der Waals surface area contributed by atoms with Gasteiger partial charge in [0.15, 0.2) is 0 Å². The molecule has 0 radical (unpaired) electrons. The van der Waals surface area contributed by atoms with Gasteiger partial charge in [0.05, 0.1) is 7.11 Å². The Bertz CT molecular complexity index is 333. The average Bonchev–Trinajstić information content (AvgIpc) is 2.28. The van der Waals surface area contributed by atoms with Crippen molar-refractivity contribution < 1.29 is 18.6 Å². The van der Waals surface area contributed by atoms with E-state index in [1.54, 1.807) is 0 Å². The molecule has 1 N–H and O–H groups in total. The lowest BCUT2D eigenvalue weighted by Gasteiger charge is -2.19. The standard InChI is InChI=1S/C11H12F2O2/c1-3-11(12,13)10(14)8-4-6-9(15-2)7-5-8/h3-7,10,14H,1H2,2H3/t10-/m1/s1. The average molecular weight is 214 g/mol. The molecule has 1 rings (SSSR count). The fourth-order valence-electron chi connectivity index (χ4n) is 1.12. The number of aliphatic hydroxyl groups is 1. The predicted octanol–water partition coefficient (Wildman–Crippen LogP) is 2.55. The summed E-state index contributed by atoms with van der Waals surface area (Å²) in [4.78, 5) is 0. The van der Waals surface area contributed by atoms with Gasteiger partial charge in [0, 0.05) is 0 Å². The van der Waals surface area contributed by atoms with E-state index in [-0.39, 0.29) is 5.56 Å². The molecule has 1 aromatic rings. The lowest BCUT2D eigenvalue weighted by atomic mass is 10.0. The van der Waals surface area contributed by atoms with Crippen LogP contribution in [0.15, 0.2) is 36.9 Å². The van der Waals surface area contributed by atoms with Crippen LogP contribution in [0, 0.1) is 0 Å². The first-order valence-electron chi connectivity index (χ1n) is 4.34. The molecule has 82 valence electrons. The Labute approximate surface area is 86.8 Å². The van der Waals surface area contributed by atoms with Crippen molar-refractivity contribution in [3.05, 3.63) is 42.5 Å². The van der Waals surface area contributed by atoms with Crippen LogP contribution in [-0.4, -0.2) is 18.1 Å². The highest BCUT2D eigenvalue weighted by molar-refractivity contribution is 5.29. The first-order valence-corrected chi connectivity index (χ1v) is 4.34. The minimum atomic E-state index is -3.32. The second-order valence-corrected chi connectivity index (χ2v) is 3.05. The van der Waals surface area contributed by atoms with Gasteiger partial charge in [-0.1, -0.05) is 18.7 Å². The van der Waals surface area contributed by atoms with E-state index in [9.17, 15) is 13.9 Å². The third-order valence-corrected chi connectivity index (χ3v) is 2.07. The van der Waals surface area contributed by atoms with Crippen LogP contribution in [0.1, 0.15) is 11.7 Å². The van der Waals surface area contributed by atoms with Gasteiger partial charge in [-0.15, -0.1) is 0 Å². The van der Waals surface area contributed by atoms with Gasteiger partial charge in [-0.25, -0.2) is 0 Å². The molecule has 0 fully saturated rings. The van der Waals surface area contributed by atoms with E-state index in [1.807, 2.05) is 0 Å². The molecule has 15 heavy (non-hydrogen) atoms. The highest BCUT2D eigenvalue weighted by atomic mass is 19.3. The van der Waals surface area contributed by atoms with Crippen LogP contribution in [0.25, 0.3) is 0 Å². The molecule has 0 bridgehead atoms. The van der Waals surface area contributed by atoms with Crippen LogP contribution in [-0.2, 0) is 0 Å². The van der Waals surface area contributed by atoms with Crippen molar-refractivity contribution in [2.24, 2.45) is 0 Å². The third-order valence-electron chi connectivity index (χ3n) is 2.07. The molecule has 0 saturated heterocycles. The molecule has 0 aliphatic carbocycles. The summed E-state index contributed by atoms with van der Waals surface area (Å²) in [7, 11) is 1.48. The van der Waals surface area contributed by atoms with Crippen molar-refractivity contribution >= 4 is 0 Å². The minimum Gasteiger partial charge on any atom is -0.497 e. The number of methoxy groups -OCH3 is 1. The molecule has 1 atom stereocenters. The van der Waals surface area contributed by atoms with E-state index < -0.39 is 12.0 Å². The van der Waals surface area contributed by atoms with Gasteiger partial charge >= 0.3 is 0 Å². The fraction of sp³-hybridized carbons (Fsp3) is 0.273. The lowest BCUT2D eigenvalue weighted by Crippen LogP contribution is -2.23. The van der Waals surface area contributed by atoms with Gasteiger partial charge in [0.2, 0.25) is 0 Å². The normalized spacial score (nSPS) is 13.3. The number of alkyl halides is 2. The SMILES string of the molecule is C=CC(F)(F)[C@H](O)c1ccc(OC)cc1. The Balaban J connectivity index is 2.92. The van der Waals surface area contributed by atoms with Crippen molar-refractivity contribution in [3.63, 3.8) is 0 Å². The molecular formula is C11H12F2O2. The number of hydrogen-bond acceptors (Lipinski definition) is 2. The molecule has 1 aromatic carbocycles. The van der Waals surface area contributed by atoms with Crippen LogP contribution < -0.4 is 4.74 Å². The molecule has 4 heteroatoms. The van der Waals surface area contributed by atoms with E-state index >= 15 is 0 Å². The summed E-state index contributed by atoms with van der Waals surface area (Å²) < 4.78 is 30.9. The second-order valence-electron chi connectivity index (χ2n) is 3.05. The lowest BCUT2D eigenvalue weighted by molar-refractivity contribution is -0.0712. The first kappa shape index (κ1) is 11.7. The van der Waals surface area contributed by atoms with Gasteiger partial charge < -0.3 is 9.84 Å². The zero-order valence-corrected chi connectivity index (χ0v) is 8.28. The van der Waals surface area contributed by atoms with E-state index in [2.05, 4.69) is 6.58 Å². The van der Waals surface area contributed by atoms with Crippen molar-refractivity contribution in [2.75, 3.05) is 7.11 Å². The van der Waals surface area contributed by atoms with E-state index in [1.165, 1.54) is 31.4 Å². The topological polar surface area (TPSA) is 29.5 Å². The summed E-state index contributed by atoms with van der Waals surface area (Å²) in [5.74, 6) is -2.78. The van der Waals surface area contributed by atoms with E-state index in [4.69, 9.17) is 4.74 Å². The summed E-state index contributed by atoms with van der Waals surface area (Å²) in [6, 6.07) is 5.80. The first-order chi connectivity index (χ1) is 7.01. The fourth-order valence-corrected chi connectivity index (χ4v) is 1.12. The maximum absolute atomic E-state index is 13.0. The van der Waals surface area contributed by atoms with Crippen molar-refractivity contribution in [2.45, 2.75) is 12.0 Å². The molecule has 2 nitrogen and oxygen atoms in total. The van der Waals surface area contributed by atoms with Crippen molar-refractivity contribution in [1.29, 1.82) is 0 Å². The van der Waals surface area contributed by atoms with Gasteiger partial charge in [0.25, 0.3) is 5.92 Å². The number of hydrogen-bond donors (Lipinski definition) is 1. The Morgan fingerprint density at radius 1 is 1.40 bits per heavy atom. The molecule has 0 aliphatic rings. The highest BCUT2D eigenvalue weighted by Crippen LogP contribution is 2.32. The van der Waals surface area contributed by atoms with Crippen LogP contribution in [0.2, 0.25) is 0 Å². The van der Waals surface area contributed by atoms with Gasteiger partial charge in [-0.2, -0.15) is 8.78 Å². The monoisotopic (exact) mass is 214 g/mol. The molecule has 0 heterocycles. The summed E-state index contributed by atoms with van der Waals surface area (Å²) in [6.07, 6.45) is -1.44. The molecule has 0 aromatic heterocycles. The molecular weight excluding hydrogens is 202 g/mol. The van der Waals surface area contributed by atoms with E-state index in [0.717, 1.165) is 0 Å². The third kappa shape index (κ3) is 2.53. The molecule has 0 saturated carbocycles. The van der Waals surface area contributed by atoms with Gasteiger partial charge in [-0.3, -0.25) is 0 Å². The number of halogens is 2. The quantitative estimate of drug-likeness (QED) is 0.780. The van der Waals surface area contributed by atoms with Gasteiger partial charge in [0.1, 0.15) is 11.9 Å². The zero-order valence-electron chi connectivity index (χ0n) is 8.28. The molecule has 0 unspecified atom stereocenters. The molecule has 0 amide bonds. The Morgan fingerprint density at radius 2 is 1.93 bits per heavy atom. The summed E-state index contributed by atoms with van der Waals surface area (Å²) >= 11 is 0. The second kappa shape index (κ2) is 4.40. The van der Waals surface area contributed by atoms with Crippen LogP contribution in [0.5, 0.6) is 5.75 Å². The predicted molar refractivity (Wildman–Crippen MR) is 53.1 cm³/mol. The molecule has 0 spiro atoms. The van der Waals surface area contributed by atoms with Crippen LogP contribution >= 0.6 is 0 Å². The Kier molecular flexibility index (Phi) is 3.42. The maximum atomic E-state index is 13.0. The number of benzene rings is 1.